The molecule has 0 aliphatic rings. The first kappa shape index (κ1) is 18.4. The first-order chi connectivity index (χ1) is 13.1. The van der Waals surface area contributed by atoms with Gasteiger partial charge < -0.3 is 10.1 Å². The number of anilines is 1. The monoisotopic (exact) mass is 374 g/mol. The summed E-state index contributed by atoms with van der Waals surface area (Å²) in [5.41, 5.74) is 3.16. The molecule has 1 heterocycles. The topological polar surface area (TPSA) is 51.2 Å². The second-order valence-corrected chi connectivity index (χ2v) is 6.83. The van der Waals surface area contributed by atoms with Gasteiger partial charge in [-0.15, -0.1) is 17.8 Å². The molecule has 0 radical (unpaired) electrons. The first-order valence-corrected chi connectivity index (χ1v) is 9.20. The standard InChI is InChI=1S/C22H18N2O2S/c1-3-17-6-4-8-19(12-17)24-22(25)11-10-18-7-5-9-21(13-18)26-14-20-15-27-16(2)23-20/h1,4-13,15H,14H2,2H3,(H,24,25)/b11-10+. The number of aromatic nitrogens is 1. The highest BCUT2D eigenvalue weighted by atomic mass is 32.1. The van der Waals surface area contributed by atoms with Gasteiger partial charge in [-0.2, -0.15) is 0 Å². The molecule has 5 heteroatoms. The van der Waals surface area contributed by atoms with Crippen molar-refractivity contribution in [1.82, 2.24) is 4.98 Å². The van der Waals surface area contributed by atoms with E-state index >= 15 is 0 Å². The van der Waals surface area contributed by atoms with E-state index in [1.165, 1.54) is 6.08 Å². The Hall–Kier alpha value is -3.36. The van der Waals surface area contributed by atoms with Crippen molar-refractivity contribution < 1.29 is 9.53 Å². The summed E-state index contributed by atoms with van der Waals surface area (Å²) < 4.78 is 5.76. The molecule has 1 N–H and O–H groups in total. The Bertz CT molecular complexity index is 1010. The fourth-order valence-corrected chi connectivity index (χ4v) is 2.98. The van der Waals surface area contributed by atoms with Crippen LogP contribution in [0.2, 0.25) is 0 Å². The minimum Gasteiger partial charge on any atom is -0.487 e. The van der Waals surface area contributed by atoms with Crippen molar-refractivity contribution in [2.45, 2.75) is 13.5 Å². The van der Waals surface area contributed by atoms with E-state index in [1.54, 1.807) is 35.6 Å². The van der Waals surface area contributed by atoms with Crippen LogP contribution in [0.25, 0.3) is 6.08 Å². The molecule has 0 spiro atoms. The molecule has 0 unspecified atom stereocenters. The molecule has 134 valence electrons. The quantitative estimate of drug-likeness (QED) is 0.504. The van der Waals surface area contributed by atoms with Crippen LogP contribution in [-0.2, 0) is 11.4 Å². The van der Waals surface area contributed by atoms with E-state index in [2.05, 4.69) is 16.2 Å². The van der Waals surface area contributed by atoms with Gasteiger partial charge in [-0.3, -0.25) is 4.79 Å². The molecule has 0 aliphatic carbocycles. The van der Waals surface area contributed by atoms with Crippen LogP contribution < -0.4 is 10.1 Å². The number of hydrogen-bond donors (Lipinski definition) is 1. The van der Waals surface area contributed by atoms with Crippen molar-refractivity contribution in [3.05, 3.63) is 81.8 Å². The number of terminal acetylenes is 1. The number of carbonyl (C=O) groups excluding carboxylic acids is 1. The second kappa shape index (κ2) is 8.84. The zero-order valence-corrected chi connectivity index (χ0v) is 15.6. The van der Waals surface area contributed by atoms with Crippen LogP contribution in [0.5, 0.6) is 5.75 Å². The molecular formula is C22H18N2O2S. The molecular weight excluding hydrogens is 356 g/mol. The van der Waals surface area contributed by atoms with Crippen molar-refractivity contribution >= 4 is 29.0 Å². The summed E-state index contributed by atoms with van der Waals surface area (Å²) in [6.45, 7) is 2.39. The number of ether oxygens (including phenoxy) is 1. The van der Waals surface area contributed by atoms with Crippen LogP contribution in [0.1, 0.15) is 21.8 Å². The third kappa shape index (κ3) is 5.56. The van der Waals surface area contributed by atoms with Gasteiger partial charge >= 0.3 is 0 Å². The summed E-state index contributed by atoms with van der Waals surface area (Å²) in [4.78, 5) is 16.5. The van der Waals surface area contributed by atoms with Crippen LogP contribution in [0.15, 0.2) is 60.0 Å². The Balaban J connectivity index is 1.59. The average Bonchev–Trinajstić information content (AvgIpc) is 3.10. The Labute approximate surface area is 162 Å². The summed E-state index contributed by atoms with van der Waals surface area (Å²) in [7, 11) is 0. The van der Waals surface area contributed by atoms with Gasteiger partial charge in [-0.25, -0.2) is 4.98 Å². The fourth-order valence-electron chi connectivity index (χ4n) is 2.38. The van der Waals surface area contributed by atoms with Gasteiger partial charge in [0.25, 0.3) is 0 Å². The Kier molecular flexibility index (Phi) is 6.03. The smallest absolute Gasteiger partial charge is 0.248 e. The molecule has 2 aromatic carbocycles. The van der Waals surface area contributed by atoms with E-state index < -0.39 is 0 Å². The van der Waals surface area contributed by atoms with E-state index in [-0.39, 0.29) is 5.91 Å². The molecule has 3 aromatic rings. The lowest BCUT2D eigenvalue weighted by Crippen LogP contribution is -2.07. The molecule has 0 saturated carbocycles. The number of benzene rings is 2. The lowest BCUT2D eigenvalue weighted by atomic mass is 10.2. The molecule has 3 rings (SSSR count). The lowest BCUT2D eigenvalue weighted by molar-refractivity contribution is -0.111. The number of thiazole rings is 1. The number of nitrogens with one attached hydrogen (secondary N) is 1. The van der Waals surface area contributed by atoms with Crippen molar-refractivity contribution in [3.8, 4) is 18.1 Å². The van der Waals surface area contributed by atoms with Gasteiger partial charge in [0.1, 0.15) is 12.4 Å². The highest BCUT2D eigenvalue weighted by Crippen LogP contribution is 2.17. The summed E-state index contributed by atoms with van der Waals surface area (Å²) >= 11 is 1.60. The fraction of sp³-hybridized carbons (Fsp3) is 0.0909. The first-order valence-electron chi connectivity index (χ1n) is 8.32. The number of aryl methyl sites for hydroxylation is 1. The maximum Gasteiger partial charge on any atom is 0.248 e. The van der Waals surface area contributed by atoms with Gasteiger partial charge in [0.2, 0.25) is 5.91 Å². The van der Waals surface area contributed by atoms with Crippen LogP contribution >= 0.6 is 11.3 Å². The van der Waals surface area contributed by atoms with E-state index in [0.717, 1.165) is 27.6 Å². The number of carbonyl (C=O) groups is 1. The van der Waals surface area contributed by atoms with Gasteiger partial charge in [0.05, 0.1) is 10.7 Å². The Morgan fingerprint density at radius 2 is 2.15 bits per heavy atom. The van der Waals surface area contributed by atoms with Crippen LogP contribution in [-0.4, -0.2) is 10.9 Å². The third-order valence-electron chi connectivity index (χ3n) is 3.64. The third-order valence-corrected chi connectivity index (χ3v) is 4.46. The molecule has 0 aliphatic heterocycles. The molecule has 1 amide bonds. The molecule has 1 aromatic heterocycles. The Morgan fingerprint density at radius 3 is 2.93 bits per heavy atom. The second-order valence-electron chi connectivity index (χ2n) is 5.77. The van der Waals surface area contributed by atoms with Crippen LogP contribution in [0, 0.1) is 19.3 Å². The molecule has 0 bridgehead atoms. The minimum atomic E-state index is -0.228. The zero-order valence-electron chi connectivity index (χ0n) is 14.8. The predicted molar refractivity (Wildman–Crippen MR) is 110 cm³/mol. The summed E-state index contributed by atoms with van der Waals surface area (Å²) in [5.74, 6) is 3.04. The summed E-state index contributed by atoms with van der Waals surface area (Å²) in [6.07, 6.45) is 8.58. The van der Waals surface area contributed by atoms with Crippen LogP contribution in [0.3, 0.4) is 0 Å². The van der Waals surface area contributed by atoms with E-state index in [4.69, 9.17) is 11.2 Å². The van der Waals surface area contributed by atoms with Crippen molar-refractivity contribution in [2.24, 2.45) is 0 Å². The zero-order chi connectivity index (χ0) is 19.1. The average molecular weight is 374 g/mol. The normalized spacial score (nSPS) is 10.5. The van der Waals surface area contributed by atoms with Gasteiger partial charge in [-0.05, 0) is 48.9 Å². The van der Waals surface area contributed by atoms with Gasteiger partial charge in [0, 0.05) is 22.7 Å². The maximum atomic E-state index is 12.1. The van der Waals surface area contributed by atoms with Gasteiger partial charge in [-0.1, -0.05) is 24.1 Å². The van der Waals surface area contributed by atoms with E-state index in [1.807, 2.05) is 42.6 Å². The molecule has 0 saturated heterocycles. The van der Waals surface area contributed by atoms with Crippen LogP contribution in [0.4, 0.5) is 5.69 Å². The number of nitrogens with zero attached hydrogens (tertiary/aromatic N) is 1. The summed E-state index contributed by atoms with van der Waals surface area (Å²) in [5, 5.41) is 5.79. The highest BCUT2D eigenvalue weighted by Gasteiger charge is 2.02. The number of amides is 1. The van der Waals surface area contributed by atoms with Crippen molar-refractivity contribution in [3.63, 3.8) is 0 Å². The lowest BCUT2D eigenvalue weighted by Gasteiger charge is -2.05. The number of rotatable bonds is 6. The largest absolute Gasteiger partial charge is 0.487 e. The molecule has 27 heavy (non-hydrogen) atoms. The molecule has 0 fully saturated rings. The predicted octanol–water partition coefficient (Wildman–Crippen LogP) is 4.66. The maximum absolute atomic E-state index is 12.1. The van der Waals surface area contributed by atoms with Crippen molar-refractivity contribution in [2.75, 3.05) is 5.32 Å². The molecule has 4 nitrogen and oxygen atoms in total. The van der Waals surface area contributed by atoms with E-state index in [0.29, 0.717) is 12.3 Å². The van der Waals surface area contributed by atoms with Crippen molar-refractivity contribution in [1.29, 1.82) is 0 Å². The van der Waals surface area contributed by atoms with E-state index in [9.17, 15) is 4.79 Å². The Morgan fingerprint density at radius 1 is 1.30 bits per heavy atom. The molecule has 0 atom stereocenters. The number of hydrogen-bond acceptors (Lipinski definition) is 4. The SMILES string of the molecule is C#Cc1cccc(NC(=O)/C=C/c2cccc(OCc3csc(C)n3)c2)c1. The minimum absolute atomic E-state index is 0.228. The van der Waals surface area contributed by atoms with Gasteiger partial charge in [0.15, 0.2) is 0 Å². The summed E-state index contributed by atoms with van der Waals surface area (Å²) in [6, 6.07) is 14.7. The highest BCUT2D eigenvalue weighted by molar-refractivity contribution is 7.09.